The van der Waals surface area contributed by atoms with Gasteiger partial charge in [0.2, 0.25) is 0 Å². The van der Waals surface area contributed by atoms with Gasteiger partial charge in [-0.2, -0.15) is 0 Å². The van der Waals surface area contributed by atoms with Crippen molar-refractivity contribution >= 4 is 28.2 Å². The second kappa shape index (κ2) is 5.01. The van der Waals surface area contributed by atoms with Gasteiger partial charge in [0, 0.05) is 29.7 Å². The van der Waals surface area contributed by atoms with Crippen LogP contribution < -0.4 is 4.90 Å². The lowest BCUT2D eigenvalue weighted by molar-refractivity contribution is 0.438. The number of pyridine rings is 1. The highest BCUT2D eigenvalue weighted by Crippen LogP contribution is 2.33. The fourth-order valence-electron chi connectivity index (χ4n) is 2.90. The number of benzene rings is 1. The Bertz CT molecular complexity index is 596. The summed E-state index contributed by atoms with van der Waals surface area (Å²) in [6.07, 6.45) is 4.51. The van der Waals surface area contributed by atoms with Crippen LogP contribution in [0.3, 0.4) is 0 Å². The van der Waals surface area contributed by atoms with E-state index < -0.39 is 0 Å². The third-order valence-corrected chi connectivity index (χ3v) is 4.32. The largest absolute Gasteiger partial charge is 0.371 e. The van der Waals surface area contributed by atoms with Crippen LogP contribution in [-0.4, -0.2) is 18.1 Å². The Kier molecular flexibility index (Phi) is 3.36. The van der Waals surface area contributed by atoms with Crippen LogP contribution in [0, 0.1) is 12.8 Å². The summed E-state index contributed by atoms with van der Waals surface area (Å²) in [6, 6.07) is 5.96. The number of anilines is 1. The van der Waals surface area contributed by atoms with Gasteiger partial charge in [-0.3, -0.25) is 4.98 Å². The Hall–Kier alpha value is -1.28. The molecule has 1 aromatic carbocycles. The lowest BCUT2D eigenvalue weighted by atomic mass is 9.97. The number of aromatic nitrogens is 1. The summed E-state index contributed by atoms with van der Waals surface area (Å²) in [5.74, 6) is 0.841. The first-order valence-corrected chi connectivity index (χ1v) is 7.33. The van der Waals surface area contributed by atoms with Crippen molar-refractivity contribution in [3.05, 3.63) is 35.0 Å². The molecule has 0 saturated carbocycles. The number of halogens is 1. The van der Waals surface area contributed by atoms with E-state index in [4.69, 9.17) is 11.6 Å². The Morgan fingerprint density at radius 3 is 2.74 bits per heavy atom. The summed E-state index contributed by atoms with van der Waals surface area (Å²) in [7, 11) is 0. The number of fused-ring (bicyclic) bond motifs is 1. The number of hydrogen-bond donors (Lipinski definition) is 0. The molecule has 0 radical (unpaired) electrons. The highest BCUT2D eigenvalue weighted by Gasteiger charge is 2.19. The molecule has 0 atom stereocenters. The van der Waals surface area contributed by atoms with Gasteiger partial charge in [-0.05, 0) is 49.4 Å². The van der Waals surface area contributed by atoms with Gasteiger partial charge in [-0.1, -0.05) is 18.5 Å². The molecule has 19 heavy (non-hydrogen) atoms. The van der Waals surface area contributed by atoms with Gasteiger partial charge >= 0.3 is 0 Å². The third kappa shape index (κ3) is 2.42. The van der Waals surface area contributed by atoms with Crippen molar-refractivity contribution in [3.63, 3.8) is 0 Å². The molecular formula is C16H19ClN2. The van der Waals surface area contributed by atoms with E-state index in [0.29, 0.717) is 0 Å². The summed E-state index contributed by atoms with van der Waals surface area (Å²) in [4.78, 5) is 7.00. The van der Waals surface area contributed by atoms with E-state index in [1.54, 1.807) is 0 Å². The summed E-state index contributed by atoms with van der Waals surface area (Å²) >= 11 is 6.16. The van der Waals surface area contributed by atoms with Crippen molar-refractivity contribution in [1.82, 2.24) is 4.98 Å². The van der Waals surface area contributed by atoms with E-state index in [0.717, 1.165) is 29.5 Å². The van der Waals surface area contributed by atoms with Gasteiger partial charge < -0.3 is 4.90 Å². The molecule has 3 heteroatoms. The van der Waals surface area contributed by atoms with Crippen LogP contribution in [0.2, 0.25) is 5.02 Å². The van der Waals surface area contributed by atoms with Gasteiger partial charge in [-0.15, -0.1) is 0 Å². The quantitative estimate of drug-likeness (QED) is 0.765. The smallest absolute Gasteiger partial charge is 0.0724 e. The van der Waals surface area contributed by atoms with E-state index in [1.165, 1.54) is 29.5 Å². The van der Waals surface area contributed by atoms with Crippen LogP contribution in [0.5, 0.6) is 0 Å². The van der Waals surface area contributed by atoms with Crippen LogP contribution in [0.25, 0.3) is 10.9 Å². The molecule has 100 valence electrons. The summed E-state index contributed by atoms with van der Waals surface area (Å²) < 4.78 is 0. The van der Waals surface area contributed by atoms with E-state index >= 15 is 0 Å². The maximum absolute atomic E-state index is 6.16. The zero-order valence-corrected chi connectivity index (χ0v) is 12.2. The molecule has 2 heterocycles. The van der Waals surface area contributed by atoms with Gasteiger partial charge in [0.15, 0.2) is 0 Å². The van der Waals surface area contributed by atoms with Crippen molar-refractivity contribution in [2.75, 3.05) is 18.0 Å². The van der Waals surface area contributed by atoms with Crippen LogP contribution in [-0.2, 0) is 0 Å². The molecule has 2 aromatic rings. The van der Waals surface area contributed by atoms with E-state index in [-0.39, 0.29) is 0 Å². The van der Waals surface area contributed by atoms with Gasteiger partial charge in [0.25, 0.3) is 0 Å². The number of piperidine rings is 1. The fraction of sp³-hybridized carbons (Fsp3) is 0.438. The van der Waals surface area contributed by atoms with Gasteiger partial charge in [0.05, 0.1) is 11.2 Å². The molecule has 3 rings (SSSR count). The predicted octanol–water partition coefficient (Wildman–Crippen LogP) is 4.43. The van der Waals surface area contributed by atoms with Crippen molar-refractivity contribution < 1.29 is 0 Å². The molecular weight excluding hydrogens is 256 g/mol. The minimum Gasteiger partial charge on any atom is -0.371 e. The molecule has 0 bridgehead atoms. The Morgan fingerprint density at radius 1 is 1.26 bits per heavy atom. The predicted molar refractivity (Wildman–Crippen MR) is 82.1 cm³/mol. The molecule has 1 aliphatic heterocycles. The maximum atomic E-state index is 6.16. The molecule has 1 fully saturated rings. The van der Waals surface area contributed by atoms with Crippen LogP contribution in [0.4, 0.5) is 5.69 Å². The van der Waals surface area contributed by atoms with Crippen molar-refractivity contribution in [3.8, 4) is 0 Å². The Labute approximate surface area is 119 Å². The fourth-order valence-corrected chi connectivity index (χ4v) is 3.07. The molecule has 1 aliphatic rings. The molecule has 1 aromatic heterocycles. The van der Waals surface area contributed by atoms with Crippen LogP contribution in [0.15, 0.2) is 24.4 Å². The van der Waals surface area contributed by atoms with Crippen molar-refractivity contribution in [1.29, 1.82) is 0 Å². The number of nitrogens with zero attached hydrogens (tertiary/aromatic N) is 2. The van der Waals surface area contributed by atoms with Crippen molar-refractivity contribution in [2.45, 2.75) is 26.7 Å². The first-order chi connectivity index (χ1) is 9.15. The van der Waals surface area contributed by atoms with Crippen LogP contribution >= 0.6 is 11.6 Å². The first kappa shape index (κ1) is 12.7. The highest BCUT2D eigenvalue weighted by atomic mass is 35.5. The highest BCUT2D eigenvalue weighted by molar-refractivity contribution is 6.31. The van der Waals surface area contributed by atoms with Crippen LogP contribution in [0.1, 0.15) is 25.3 Å². The SMILES string of the molecule is Cc1cnc2ccc(Cl)cc2c1N1CCC(C)CC1. The average Bonchev–Trinajstić information content (AvgIpc) is 2.40. The third-order valence-electron chi connectivity index (χ3n) is 4.08. The standard InChI is InChI=1S/C16H19ClN2/c1-11-5-7-19(8-6-11)16-12(2)10-18-15-4-3-13(17)9-14(15)16/h3-4,9-11H,5-8H2,1-2H3. The maximum Gasteiger partial charge on any atom is 0.0724 e. The van der Waals surface area contributed by atoms with Gasteiger partial charge in [0.1, 0.15) is 0 Å². The molecule has 0 N–H and O–H groups in total. The monoisotopic (exact) mass is 274 g/mol. The molecule has 0 amide bonds. The zero-order chi connectivity index (χ0) is 13.4. The Morgan fingerprint density at radius 2 is 2.00 bits per heavy atom. The Balaban J connectivity index is 2.10. The summed E-state index contributed by atoms with van der Waals surface area (Å²) in [5, 5.41) is 1.97. The number of hydrogen-bond acceptors (Lipinski definition) is 2. The second-order valence-electron chi connectivity index (χ2n) is 5.62. The molecule has 0 spiro atoms. The van der Waals surface area contributed by atoms with Gasteiger partial charge in [-0.25, -0.2) is 0 Å². The lowest BCUT2D eigenvalue weighted by Gasteiger charge is -2.33. The van der Waals surface area contributed by atoms with E-state index in [9.17, 15) is 0 Å². The molecule has 0 aliphatic carbocycles. The van der Waals surface area contributed by atoms with E-state index in [1.807, 2.05) is 24.4 Å². The second-order valence-corrected chi connectivity index (χ2v) is 6.06. The summed E-state index contributed by atoms with van der Waals surface area (Å²) in [6.45, 7) is 6.74. The van der Waals surface area contributed by atoms with E-state index in [2.05, 4.69) is 23.7 Å². The minimum absolute atomic E-state index is 0.784. The zero-order valence-electron chi connectivity index (χ0n) is 11.5. The topological polar surface area (TPSA) is 16.1 Å². The molecule has 2 nitrogen and oxygen atoms in total. The number of rotatable bonds is 1. The molecule has 0 unspecified atom stereocenters. The number of aryl methyl sites for hydroxylation is 1. The summed E-state index contributed by atoms with van der Waals surface area (Å²) in [5.41, 5.74) is 3.59. The minimum atomic E-state index is 0.784. The van der Waals surface area contributed by atoms with Crippen molar-refractivity contribution in [2.24, 2.45) is 5.92 Å². The first-order valence-electron chi connectivity index (χ1n) is 6.95. The lowest BCUT2D eigenvalue weighted by Crippen LogP contribution is -2.33. The molecule has 1 saturated heterocycles. The average molecular weight is 275 g/mol. The normalized spacial score (nSPS) is 17.1.